The minimum Gasteiger partial charge on any atom is -0.480 e. The Balaban J connectivity index is 2.26. The second-order valence-electron chi connectivity index (χ2n) is 4.87. The summed E-state index contributed by atoms with van der Waals surface area (Å²) in [6, 6.07) is 9.80. The Labute approximate surface area is 108 Å². The first-order valence-electron chi connectivity index (χ1n) is 6.30. The van der Waals surface area contributed by atoms with E-state index in [1.807, 2.05) is 42.5 Å². The molecule has 0 spiro atoms. The lowest BCUT2D eigenvalue weighted by atomic mass is 9.81. The van der Waals surface area contributed by atoms with Crippen LogP contribution in [0, 0.1) is 5.41 Å². The second-order valence-corrected chi connectivity index (χ2v) is 4.87. The smallest absolute Gasteiger partial charge is 0.317 e. The van der Waals surface area contributed by atoms with Crippen molar-refractivity contribution in [3.8, 4) is 0 Å². The van der Waals surface area contributed by atoms with Gasteiger partial charge in [0, 0.05) is 0 Å². The number of benzene rings is 1. The van der Waals surface area contributed by atoms with Crippen molar-refractivity contribution in [2.75, 3.05) is 0 Å². The predicted octanol–water partition coefficient (Wildman–Crippen LogP) is 3.90. The van der Waals surface area contributed by atoms with E-state index in [0.717, 1.165) is 30.4 Å². The Morgan fingerprint density at radius 3 is 2.61 bits per heavy atom. The summed E-state index contributed by atoms with van der Waals surface area (Å²) in [4.78, 5) is 11.5. The van der Waals surface area contributed by atoms with E-state index >= 15 is 0 Å². The molecule has 0 fully saturated rings. The van der Waals surface area contributed by atoms with Crippen LogP contribution in [0.15, 0.2) is 48.1 Å². The van der Waals surface area contributed by atoms with Gasteiger partial charge in [-0.25, -0.2) is 0 Å². The van der Waals surface area contributed by atoms with Gasteiger partial charge < -0.3 is 5.11 Å². The largest absolute Gasteiger partial charge is 0.480 e. The van der Waals surface area contributed by atoms with Crippen LogP contribution < -0.4 is 0 Å². The van der Waals surface area contributed by atoms with Gasteiger partial charge in [0.1, 0.15) is 5.41 Å². The van der Waals surface area contributed by atoms with Crippen LogP contribution in [-0.2, 0) is 4.79 Å². The molecule has 0 saturated carbocycles. The fraction of sp³-hybridized carbons (Fsp3) is 0.312. The van der Waals surface area contributed by atoms with Gasteiger partial charge in [0.2, 0.25) is 0 Å². The molecular weight excluding hydrogens is 224 g/mol. The summed E-state index contributed by atoms with van der Waals surface area (Å²) in [5, 5.41) is 9.48. The molecule has 0 amide bonds. The van der Waals surface area contributed by atoms with Crippen molar-refractivity contribution < 1.29 is 9.90 Å². The van der Waals surface area contributed by atoms with Gasteiger partial charge in [-0.2, -0.15) is 0 Å². The number of carboxylic acids is 1. The van der Waals surface area contributed by atoms with Gasteiger partial charge in [-0.3, -0.25) is 4.79 Å². The molecule has 1 unspecified atom stereocenters. The van der Waals surface area contributed by atoms with E-state index in [1.165, 1.54) is 0 Å². The van der Waals surface area contributed by atoms with E-state index < -0.39 is 11.4 Å². The standard InChI is InChI=1S/C16H18O2/c1-16(15(17)18,14-9-5-6-10-14)12-11-13-7-3-2-4-8-13/h2-4,7-9,11-12H,5-6,10H2,1H3,(H,17,18). The summed E-state index contributed by atoms with van der Waals surface area (Å²) >= 11 is 0. The molecule has 2 rings (SSSR count). The lowest BCUT2D eigenvalue weighted by Gasteiger charge is -2.22. The molecule has 1 N–H and O–H groups in total. The highest BCUT2D eigenvalue weighted by Gasteiger charge is 2.35. The number of hydrogen-bond acceptors (Lipinski definition) is 1. The molecule has 0 saturated heterocycles. The summed E-state index contributed by atoms with van der Waals surface area (Å²) in [6.07, 6.45) is 8.73. The number of carbonyl (C=O) groups is 1. The predicted molar refractivity (Wildman–Crippen MR) is 73.2 cm³/mol. The van der Waals surface area contributed by atoms with Crippen molar-refractivity contribution in [3.05, 3.63) is 53.6 Å². The van der Waals surface area contributed by atoms with Crippen molar-refractivity contribution in [1.29, 1.82) is 0 Å². The third kappa shape index (κ3) is 2.53. The van der Waals surface area contributed by atoms with Crippen LogP contribution >= 0.6 is 0 Å². The van der Waals surface area contributed by atoms with E-state index in [9.17, 15) is 9.90 Å². The second kappa shape index (κ2) is 5.21. The summed E-state index contributed by atoms with van der Waals surface area (Å²) in [6.45, 7) is 1.78. The summed E-state index contributed by atoms with van der Waals surface area (Å²) in [7, 11) is 0. The highest BCUT2D eigenvalue weighted by molar-refractivity contribution is 5.82. The highest BCUT2D eigenvalue weighted by atomic mass is 16.4. The lowest BCUT2D eigenvalue weighted by Crippen LogP contribution is -2.26. The van der Waals surface area contributed by atoms with Crippen LogP contribution in [-0.4, -0.2) is 11.1 Å². The number of hydrogen-bond donors (Lipinski definition) is 1. The zero-order chi connectivity index (χ0) is 13.0. The lowest BCUT2D eigenvalue weighted by molar-refractivity contribution is -0.143. The first-order chi connectivity index (χ1) is 8.63. The van der Waals surface area contributed by atoms with Crippen molar-refractivity contribution in [2.24, 2.45) is 5.41 Å². The Morgan fingerprint density at radius 2 is 2.06 bits per heavy atom. The molecule has 18 heavy (non-hydrogen) atoms. The molecule has 1 aromatic carbocycles. The normalized spacial score (nSPS) is 18.6. The van der Waals surface area contributed by atoms with Gasteiger partial charge in [-0.05, 0) is 31.7 Å². The van der Waals surface area contributed by atoms with Crippen molar-refractivity contribution >= 4 is 12.0 Å². The average Bonchev–Trinajstić information content (AvgIpc) is 2.91. The first-order valence-corrected chi connectivity index (χ1v) is 6.30. The van der Waals surface area contributed by atoms with Crippen LogP contribution in [0.25, 0.3) is 6.08 Å². The van der Waals surface area contributed by atoms with Crippen molar-refractivity contribution in [2.45, 2.75) is 26.2 Å². The fourth-order valence-corrected chi connectivity index (χ4v) is 2.29. The zero-order valence-corrected chi connectivity index (χ0v) is 10.6. The van der Waals surface area contributed by atoms with E-state index in [2.05, 4.69) is 6.08 Å². The number of carboxylic acid groups (broad SMARTS) is 1. The zero-order valence-electron chi connectivity index (χ0n) is 10.6. The Kier molecular flexibility index (Phi) is 3.66. The molecular formula is C16H18O2. The molecule has 0 radical (unpaired) electrons. The quantitative estimate of drug-likeness (QED) is 0.813. The summed E-state index contributed by atoms with van der Waals surface area (Å²) < 4.78 is 0. The Hall–Kier alpha value is -1.83. The molecule has 1 aliphatic rings. The SMILES string of the molecule is CC(C=Cc1ccccc1)(C(=O)O)C1=CCCC1. The summed E-state index contributed by atoms with van der Waals surface area (Å²) in [5.74, 6) is -0.775. The summed E-state index contributed by atoms with van der Waals surface area (Å²) in [5.41, 5.74) is 1.19. The third-order valence-electron chi connectivity index (χ3n) is 3.56. The van der Waals surface area contributed by atoms with Crippen LogP contribution in [0.3, 0.4) is 0 Å². The van der Waals surface area contributed by atoms with Gasteiger partial charge in [-0.15, -0.1) is 0 Å². The van der Waals surface area contributed by atoms with Crippen LogP contribution in [0.5, 0.6) is 0 Å². The maximum atomic E-state index is 11.5. The molecule has 1 aromatic rings. The topological polar surface area (TPSA) is 37.3 Å². The Morgan fingerprint density at radius 1 is 1.33 bits per heavy atom. The molecule has 0 bridgehead atoms. The van der Waals surface area contributed by atoms with Crippen molar-refractivity contribution in [3.63, 3.8) is 0 Å². The molecule has 0 aliphatic heterocycles. The molecule has 1 aliphatic carbocycles. The molecule has 1 atom stereocenters. The number of allylic oxidation sites excluding steroid dienone is 1. The molecule has 94 valence electrons. The van der Waals surface area contributed by atoms with Crippen LogP contribution in [0.1, 0.15) is 31.7 Å². The molecule has 2 heteroatoms. The van der Waals surface area contributed by atoms with Gasteiger partial charge in [0.05, 0.1) is 0 Å². The monoisotopic (exact) mass is 242 g/mol. The fourth-order valence-electron chi connectivity index (χ4n) is 2.29. The Bertz CT molecular complexity index is 485. The average molecular weight is 242 g/mol. The molecule has 2 nitrogen and oxygen atoms in total. The van der Waals surface area contributed by atoms with E-state index in [0.29, 0.717) is 0 Å². The maximum absolute atomic E-state index is 11.5. The van der Waals surface area contributed by atoms with Crippen LogP contribution in [0.2, 0.25) is 0 Å². The van der Waals surface area contributed by atoms with E-state index in [1.54, 1.807) is 6.92 Å². The minimum atomic E-state index is -0.869. The van der Waals surface area contributed by atoms with Crippen molar-refractivity contribution in [1.82, 2.24) is 0 Å². The number of aliphatic carboxylic acids is 1. The van der Waals surface area contributed by atoms with E-state index in [-0.39, 0.29) is 0 Å². The third-order valence-corrected chi connectivity index (χ3v) is 3.56. The van der Waals surface area contributed by atoms with Gasteiger partial charge in [0.15, 0.2) is 0 Å². The molecule has 0 aromatic heterocycles. The highest BCUT2D eigenvalue weighted by Crippen LogP contribution is 2.37. The van der Waals surface area contributed by atoms with E-state index in [4.69, 9.17) is 0 Å². The number of rotatable bonds is 4. The van der Waals surface area contributed by atoms with Gasteiger partial charge in [-0.1, -0.05) is 54.1 Å². The first kappa shape index (κ1) is 12.6. The minimum absolute atomic E-state index is 0.775. The van der Waals surface area contributed by atoms with Gasteiger partial charge in [0.25, 0.3) is 0 Å². The van der Waals surface area contributed by atoms with Crippen LogP contribution in [0.4, 0.5) is 0 Å². The molecule has 0 heterocycles. The maximum Gasteiger partial charge on any atom is 0.317 e. The van der Waals surface area contributed by atoms with Gasteiger partial charge >= 0.3 is 5.97 Å².